The van der Waals surface area contributed by atoms with E-state index in [0.29, 0.717) is 0 Å². The summed E-state index contributed by atoms with van der Waals surface area (Å²) in [5, 5.41) is 0. The number of halogens is 3. The molecule has 0 aromatic heterocycles. The van der Waals surface area contributed by atoms with Gasteiger partial charge in [-0.3, -0.25) is 0 Å². The summed E-state index contributed by atoms with van der Waals surface area (Å²) < 4.78 is 40.0. The third-order valence-electron chi connectivity index (χ3n) is 1.14. The summed E-state index contributed by atoms with van der Waals surface area (Å²) in [5.41, 5.74) is 5.16. The van der Waals surface area contributed by atoms with Gasteiger partial charge in [-0.25, -0.2) is 0 Å². The predicted molar refractivity (Wildman–Crippen MR) is 39.7 cm³/mol. The minimum atomic E-state index is -4.19. The number of ether oxygens (including phenoxy) is 1. The maximum atomic E-state index is 11.7. The second-order valence-electron chi connectivity index (χ2n) is 2.96. The normalized spacial score (nSPS) is 15.2. The van der Waals surface area contributed by atoms with Crippen molar-refractivity contribution < 1.29 is 17.9 Å². The average molecular weight is 185 g/mol. The van der Waals surface area contributed by atoms with Gasteiger partial charge < -0.3 is 10.5 Å². The summed E-state index contributed by atoms with van der Waals surface area (Å²) in [5.74, 6) is 0. The topological polar surface area (TPSA) is 35.2 Å². The summed E-state index contributed by atoms with van der Waals surface area (Å²) in [4.78, 5) is 0. The Kier molecular flexibility index (Phi) is 4.55. The molecule has 0 aromatic rings. The minimum absolute atomic E-state index is 0.0445. The Morgan fingerprint density at radius 1 is 1.33 bits per heavy atom. The molecular weight excluding hydrogens is 171 g/mol. The molecule has 0 spiro atoms. The highest BCUT2D eigenvalue weighted by Crippen LogP contribution is 2.20. The van der Waals surface area contributed by atoms with E-state index < -0.39 is 18.6 Å². The Morgan fingerprint density at radius 3 is 2.17 bits per heavy atom. The first-order valence-electron chi connectivity index (χ1n) is 3.75. The summed E-state index contributed by atoms with van der Waals surface area (Å²) in [6.45, 7) is 3.46. The standard InChI is InChI=1S/C7H14F3NO/c1-5(2)12-4-6(11)3-7(8,9)10/h5-6H,3-4,11H2,1-2H3. The van der Waals surface area contributed by atoms with Crippen LogP contribution in [0.4, 0.5) is 13.2 Å². The van der Waals surface area contributed by atoms with E-state index in [1.165, 1.54) is 0 Å². The Morgan fingerprint density at radius 2 is 1.83 bits per heavy atom. The number of hydrogen-bond donors (Lipinski definition) is 1. The molecule has 0 aliphatic rings. The van der Waals surface area contributed by atoms with Crippen molar-refractivity contribution in [2.24, 2.45) is 5.73 Å². The van der Waals surface area contributed by atoms with Gasteiger partial charge in [0, 0.05) is 6.04 Å². The largest absolute Gasteiger partial charge is 0.390 e. The van der Waals surface area contributed by atoms with Crippen LogP contribution in [0.3, 0.4) is 0 Å². The third-order valence-corrected chi connectivity index (χ3v) is 1.14. The zero-order valence-corrected chi connectivity index (χ0v) is 7.19. The molecule has 12 heavy (non-hydrogen) atoms. The molecule has 0 aromatic carbocycles. The molecule has 0 rings (SSSR count). The highest BCUT2D eigenvalue weighted by atomic mass is 19.4. The summed E-state index contributed by atoms with van der Waals surface area (Å²) >= 11 is 0. The van der Waals surface area contributed by atoms with E-state index in [0.717, 1.165) is 0 Å². The van der Waals surface area contributed by atoms with Crippen LogP contribution in [0.25, 0.3) is 0 Å². The van der Waals surface area contributed by atoms with E-state index in [2.05, 4.69) is 0 Å². The molecule has 0 radical (unpaired) electrons. The van der Waals surface area contributed by atoms with Crippen molar-refractivity contribution in [2.75, 3.05) is 6.61 Å². The van der Waals surface area contributed by atoms with Gasteiger partial charge in [-0.05, 0) is 13.8 Å². The van der Waals surface area contributed by atoms with Crippen molar-refractivity contribution in [3.63, 3.8) is 0 Å². The van der Waals surface area contributed by atoms with Gasteiger partial charge in [0.2, 0.25) is 0 Å². The van der Waals surface area contributed by atoms with E-state index in [-0.39, 0.29) is 12.7 Å². The van der Waals surface area contributed by atoms with Crippen molar-refractivity contribution in [1.82, 2.24) is 0 Å². The van der Waals surface area contributed by atoms with Crippen molar-refractivity contribution in [3.05, 3.63) is 0 Å². The molecule has 0 amide bonds. The fourth-order valence-electron chi connectivity index (χ4n) is 0.672. The number of alkyl halides is 3. The van der Waals surface area contributed by atoms with E-state index in [4.69, 9.17) is 10.5 Å². The van der Waals surface area contributed by atoms with Crippen LogP contribution in [-0.2, 0) is 4.74 Å². The maximum Gasteiger partial charge on any atom is 0.390 e. The van der Waals surface area contributed by atoms with E-state index >= 15 is 0 Å². The second kappa shape index (κ2) is 4.67. The Hall–Kier alpha value is -0.290. The minimum Gasteiger partial charge on any atom is -0.377 e. The van der Waals surface area contributed by atoms with Crippen LogP contribution in [0.5, 0.6) is 0 Å². The fourth-order valence-corrected chi connectivity index (χ4v) is 0.672. The van der Waals surface area contributed by atoms with Crippen LogP contribution < -0.4 is 5.73 Å². The van der Waals surface area contributed by atoms with Crippen LogP contribution in [0.1, 0.15) is 20.3 Å². The smallest absolute Gasteiger partial charge is 0.377 e. The van der Waals surface area contributed by atoms with Gasteiger partial charge in [-0.2, -0.15) is 13.2 Å². The van der Waals surface area contributed by atoms with Crippen LogP contribution in [0.15, 0.2) is 0 Å². The molecule has 1 atom stereocenters. The lowest BCUT2D eigenvalue weighted by atomic mass is 10.2. The summed E-state index contributed by atoms with van der Waals surface area (Å²) in [7, 11) is 0. The first-order chi connectivity index (χ1) is 5.31. The van der Waals surface area contributed by atoms with Crippen molar-refractivity contribution >= 4 is 0 Å². The lowest BCUT2D eigenvalue weighted by molar-refractivity contribution is -0.142. The van der Waals surface area contributed by atoms with E-state index in [1.807, 2.05) is 0 Å². The Labute approximate surface area is 69.9 Å². The molecule has 74 valence electrons. The van der Waals surface area contributed by atoms with Gasteiger partial charge in [-0.1, -0.05) is 0 Å². The first-order valence-corrected chi connectivity index (χ1v) is 3.75. The SMILES string of the molecule is CC(C)OCC(N)CC(F)(F)F. The molecule has 1 unspecified atom stereocenters. The Balaban J connectivity index is 3.53. The summed E-state index contributed by atoms with van der Waals surface area (Å²) in [6, 6.07) is -0.951. The molecule has 0 heterocycles. The van der Waals surface area contributed by atoms with Crippen molar-refractivity contribution in [2.45, 2.75) is 38.6 Å². The lowest BCUT2D eigenvalue weighted by Gasteiger charge is -2.15. The van der Waals surface area contributed by atoms with Crippen LogP contribution in [0, 0.1) is 0 Å². The molecule has 0 bridgehead atoms. The number of hydrogen-bond acceptors (Lipinski definition) is 2. The maximum absolute atomic E-state index is 11.7. The van der Waals surface area contributed by atoms with Gasteiger partial charge in [0.25, 0.3) is 0 Å². The van der Waals surface area contributed by atoms with Gasteiger partial charge in [0.15, 0.2) is 0 Å². The second-order valence-corrected chi connectivity index (χ2v) is 2.96. The molecular formula is C7H14F3NO. The van der Waals surface area contributed by atoms with Crippen LogP contribution in [0.2, 0.25) is 0 Å². The number of rotatable bonds is 4. The fraction of sp³-hybridized carbons (Fsp3) is 1.00. The highest BCUT2D eigenvalue weighted by molar-refractivity contribution is 4.65. The van der Waals surface area contributed by atoms with Gasteiger partial charge in [0.1, 0.15) is 0 Å². The van der Waals surface area contributed by atoms with Crippen molar-refractivity contribution in [1.29, 1.82) is 0 Å². The van der Waals surface area contributed by atoms with Gasteiger partial charge >= 0.3 is 6.18 Å². The average Bonchev–Trinajstić information content (AvgIpc) is 1.79. The molecule has 5 heteroatoms. The van der Waals surface area contributed by atoms with Crippen LogP contribution >= 0.6 is 0 Å². The Bertz CT molecular complexity index is 124. The van der Waals surface area contributed by atoms with Gasteiger partial charge in [-0.15, -0.1) is 0 Å². The molecule has 0 aliphatic carbocycles. The third kappa shape index (κ3) is 7.81. The molecule has 0 fully saturated rings. The zero-order valence-electron chi connectivity index (χ0n) is 7.19. The number of nitrogens with two attached hydrogens (primary N) is 1. The summed E-state index contributed by atoms with van der Waals surface area (Å²) in [6.07, 6.45) is -5.26. The van der Waals surface area contributed by atoms with E-state index in [1.54, 1.807) is 13.8 Å². The predicted octanol–water partition coefficient (Wildman–Crippen LogP) is 1.69. The molecule has 2 nitrogen and oxygen atoms in total. The van der Waals surface area contributed by atoms with Crippen LogP contribution in [-0.4, -0.2) is 24.9 Å². The van der Waals surface area contributed by atoms with Gasteiger partial charge in [0.05, 0.1) is 19.1 Å². The highest BCUT2D eigenvalue weighted by Gasteiger charge is 2.30. The monoisotopic (exact) mass is 185 g/mol. The molecule has 0 aliphatic heterocycles. The molecule has 0 saturated heterocycles. The first kappa shape index (κ1) is 11.7. The lowest BCUT2D eigenvalue weighted by Crippen LogP contribution is -2.32. The zero-order chi connectivity index (χ0) is 9.78. The van der Waals surface area contributed by atoms with Crippen molar-refractivity contribution in [3.8, 4) is 0 Å². The molecule has 0 saturated carbocycles. The van der Waals surface area contributed by atoms with E-state index in [9.17, 15) is 13.2 Å². The molecule has 2 N–H and O–H groups in total. The quantitative estimate of drug-likeness (QED) is 0.723.